The highest BCUT2D eigenvalue weighted by Gasteiger charge is 2.43. The minimum absolute atomic E-state index is 0.137. The van der Waals surface area contributed by atoms with Gasteiger partial charge in [-0.1, -0.05) is 30.3 Å². The second-order valence-corrected chi connectivity index (χ2v) is 8.72. The van der Waals surface area contributed by atoms with Crippen molar-refractivity contribution >= 4 is 17.9 Å². The largest absolute Gasteiger partial charge is 0.444 e. The quantitative estimate of drug-likeness (QED) is 0.841. The fraction of sp³-hybridized carbons (Fsp3) is 0.591. The molecule has 0 saturated carbocycles. The molecular weight excluding hydrogens is 370 g/mol. The van der Waals surface area contributed by atoms with Gasteiger partial charge in [0.25, 0.3) is 0 Å². The second-order valence-electron chi connectivity index (χ2n) is 8.72. The van der Waals surface area contributed by atoms with Crippen LogP contribution in [0.2, 0.25) is 0 Å². The summed E-state index contributed by atoms with van der Waals surface area (Å²) in [6, 6.07) is 8.67. The van der Waals surface area contributed by atoms with E-state index in [1.165, 1.54) is 4.90 Å². The van der Waals surface area contributed by atoms with E-state index in [-0.39, 0.29) is 11.8 Å². The minimum atomic E-state index is -0.610. The van der Waals surface area contributed by atoms with E-state index in [2.05, 4.69) is 5.32 Å². The van der Waals surface area contributed by atoms with Gasteiger partial charge in [0.1, 0.15) is 17.7 Å². The third-order valence-corrected chi connectivity index (χ3v) is 5.31. The molecule has 7 heteroatoms. The third kappa shape index (κ3) is 5.28. The SMILES string of the molecule is CC(C)(C)OC(=O)N1CCC[C@@H]1C(=O)N1CCC[C@@H]1C(=O)NCc1ccccc1. The first-order valence-electron chi connectivity index (χ1n) is 10.4. The Morgan fingerprint density at radius 3 is 2.28 bits per heavy atom. The molecule has 0 unspecified atom stereocenters. The third-order valence-electron chi connectivity index (χ3n) is 5.31. The first kappa shape index (κ1) is 21.1. The van der Waals surface area contributed by atoms with Gasteiger partial charge in [0, 0.05) is 19.6 Å². The maximum absolute atomic E-state index is 13.2. The Morgan fingerprint density at radius 2 is 1.62 bits per heavy atom. The number of hydrogen-bond acceptors (Lipinski definition) is 4. The van der Waals surface area contributed by atoms with Crippen LogP contribution in [0.15, 0.2) is 30.3 Å². The van der Waals surface area contributed by atoms with E-state index in [1.807, 2.05) is 51.1 Å². The molecule has 0 aromatic heterocycles. The smallest absolute Gasteiger partial charge is 0.410 e. The van der Waals surface area contributed by atoms with Crippen molar-refractivity contribution in [2.24, 2.45) is 0 Å². The lowest BCUT2D eigenvalue weighted by Crippen LogP contribution is -2.53. The van der Waals surface area contributed by atoms with Crippen LogP contribution >= 0.6 is 0 Å². The van der Waals surface area contributed by atoms with Crippen LogP contribution < -0.4 is 5.32 Å². The van der Waals surface area contributed by atoms with Crippen LogP contribution in [0.1, 0.15) is 52.0 Å². The molecule has 0 aliphatic carbocycles. The minimum Gasteiger partial charge on any atom is -0.444 e. The number of carbonyl (C=O) groups is 3. The van der Waals surface area contributed by atoms with Crippen molar-refractivity contribution in [3.8, 4) is 0 Å². The number of hydrogen-bond donors (Lipinski definition) is 1. The Balaban J connectivity index is 1.62. The Labute approximate surface area is 172 Å². The summed E-state index contributed by atoms with van der Waals surface area (Å²) >= 11 is 0. The van der Waals surface area contributed by atoms with Crippen LogP contribution in [-0.2, 0) is 20.9 Å². The molecule has 1 N–H and O–H groups in total. The molecule has 3 rings (SSSR count). The van der Waals surface area contributed by atoms with E-state index in [1.54, 1.807) is 4.90 Å². The van der Waals surface area contributed by atoms with E-state index in [4.69, 9.17) is 4.74 Å². The summed E-state index contributed by atoms with van der Waals surface area (Å²) < 4.78 is 5.46. The van der Waals surface area contributed by atoms with Gasteiger partial charge < -0.3 is 15.0 Å². The fourth-order valence-corrected chi connectivity index (χ4v) is 3.96. The summed E-state index contributed by atoms with van der Waals surface area (Å²) in [5.74, 6) is -0.285. The molecule has 2 fully saturated rings. The van der Waals surface area contributed by atoms with Gasteiger partial charge >= 0.3 is 6.09 Å². The highest BCUT2D eigenvalue weighted by Crippen LogP contribution is 2.26. The van der Waals surface area contributed by atoms with Crippen molar-refractivity contribution in [2.75, 3.05) is 13.1 Å². The Hall–Kier alpha value is -2.57. The van der Waals surface area contributed by atoms with E-state index in [9.17, 15) is 14.4 Å². The topological polar surface area (TPSA) is 79.0 Å². The molecule has 2 saturated heterocycles. The number of rotatable bonds is 4. The second kappa shape index (κ2) is 8.84. The number of carbonyl (C=O) groups excluding carboxylic acids is 3. The predicted molar refractivity (Wildman–Crippen MR) is 109 cm³/mol. The monoisotopic (exact) mass is 401 g/mol. The zero-order valence-electron chi connectivity index (χ0n) is 17.5. The van der Waals surface area contributed by atoms with Crippen molar-refractivity contribution in [1.82, 2.24) is 15.1 Å². The predicted octanol–water partition coefficient (Wildman–Crippen LogP) is 2.69. The summed E-state index contributed by atoms with van der Waals surface area (Å²) in [7, 11) is 0. The standard InChI is InChI=1S/C22H31N3O4/c1-22(2,3)29-21(28)25-14-8-12-18(25)20(27)24-13-7-11-17(24)19(26)23-15-16-9-5-4-6-10-16/h4-6,9-10,17-18H,7-8,11-15H2,1-3H3,(H,23,26)/t17-,18-/m1/s1. The van der Waals surface area contributed by atoms with E-state index >= 15 is 0 Å². The number of amides is 3. The molecule has 7 nitrogen and oxygen atoms in total. The molecular formula is C22H31N3O4. The molecule has 1 aromatic rings. The lowest BCUT2D eigenvalue weighted by molar-refractivity contribution is -0.141. The van der Waals surface area contributed by atoms with Crippen molar-refractivity contribution in [3.05, 3.63) is 35.9 Å². The fourth-order valence-electron chi connectivity index (χ4n) is 3.96. The van der Waals surface area contributed by atoms with E-state index in [0.29, 0.717) is 32.5 Å². The normalized spacial score (nSPS) is 21.9. The lowest BCUT2D eigenvalue weighted by atomic mass is 10.1. The molecule has 1 aromatic carbocycles. The summed E-state index contributed by atoms with van der Waals surface area (Å²) in [4.78, 5) is 41.6. The van der Waals surface area contributed by atoms with Crippen molar-refractivity contribution < 1.29 is 19.1 Å². The van der Waals surface area contributed by atoms with Gasteiger partial charge in [0.15, 0.2) is 0 Å². The molecule has 0 spiro atoms. The zero-order chi connectivity index (χ0) is 21.0. The molecule has 2 aliphatic rings. The average molecular weight is 402 g/mol. The zero-order valence-corrected chi connectivity index (χ0v) is 17.5. The van der Waals surface area contributed by atoms with Gasteiger partial charge in [0.2, 0.25) is 11.8 Å². The van der Waals surface area contributed by atoms with Crippen LogP contribution in [0.4, 0.5) is 4.79 Å². The van der Waals surface area contributed by atoms with Crippen molar-refractivity contribution in [3.63, 3.8) is 0 Å². The molecule has 29 heavy (non-hydrogen) atoms. The number of benzene rings is 1. The number of likely N-dealkylation sites (tertiary alicyclic amines) is 2. The Bertz CT molecular complexity index is 744. The van der Waals surface area contributed by atoms with E-state index < -0.39 is 23.8 Å². The molecule has 158 valence electrons. The first-order chi connectivity index (χ1) is 13.8. The molecule has 0 bridgehead atoms. The summed E-state index contributed by atoms with van der Waals surface area (Å²) in [6.45, 7) is 6.92. The lowest BCUT2D eigenvalue weighted by Gasteiger charge is -2.32. The van der Waals surface area contributed by atoms with Gasteiger partial charge in [-0.15, -0.1) is 0 Å². The molecule has 2 heterocycles. The number of ether oxygens (including phenoxy) is 1. The van der Waals surface area contributed by atoms with Crippen LogP contribution in [0.25, 0.3) is 0 Å². The van der Waals surface area contributed by atoms with Gasteiger partial charge in [-0.05, 0) is 52.0 Å². The molecule has 0 radical (unpaired) electrons. The highest BCUT2D eigenvalue weighted by molar-refractivity contribution is 5.92. The Morgan fingerprint density at radius 1 is 1.00 bits per heavy atom. The average Bonchev–Trinajstić information content (AvgIpc) is 3.34. The molecule has 2 atom stereocenters. The maximum Gasteiger partial charge on any atom is 0.410 e. The maximum atomic E-state index is 13.2. The van der Waals surface area contributed by atoms with Gasteiger partial charge in [0.05, 0.1) is 0 Å². The van der Waals surface area contributed by atoms with Gasteiger partial charge in [-0.3, -0.25) is 14.5 Å². The number of nitrogens with zero attached hydrogens (tertiary/aromatic N) is 2. The summed E-state index contributed by atoms with van der Waals surface area (Å²) in [5.41, 5.74) is 0.407. The Kier molecular flexibility index (Phi) is 6.45. The van der Waals surface area contributed by atoms with E-state index in [0.717, 1.165) is 18.4 Å². The van der Waals surface area contributed by atoms with Crippen LogP contribution in [0, 0.1) is 0 Å². The number of nitrogens with one attached hydrogen (secondary N) is 1. The van der Waals surface area contributed by atoms with Crippen molar-refractivity contribution in [2.45, 2.75) is 70.7 Å². The first-order valence-corrected chi connectivity index (χ1v) is 10.4. The molecule has 3 amide bonds. The molecule has 2 aliphatic heterocycles. The van der Waals surface area contributed by atoms with Gasteiger partial charge in [-0.2, -0.15) is 0 Å². The van der Waals surface area contributed by atoms with Crippen LogP contribution in [-0.4, -0.2) is 58.5 Å². The summed E-state index contributed by atoms with van der Waals surface area (Å²) in [6.07, 6.45) is 2.33. The van der Waals surface area contributed by atoms with Crippen LogP contribution in [0.5, 0.6) is 0 Å². The summed E-state index contributed by atoms with van der Waals surface area (Å²) in [5, 5.41) is 2.94. The van der Waals surface area contributed by atoms with Crippen molar-refractivity contribution in [1.29, 1.82) is 0 Å². The highest BCUT2D eigenvalue weighted by atomic mass is 16.6. The van der Waals surface area contributed by atoms with Gasteiger partial charge in [-0.25, -0.2) is 4.79 Å². The van der Waals surface area contributed by atoms with Crippen LogP contribution in [0.3, 0.4) is 0 Å².